The molecule has 0 atom stereocenters. The van der Waals surface area contributed by atoms with Gasteiger partial charge in [0.1, 0.15) is 5.54 Å². The number of nitrogens with one attached hydrogen (secondary N) is 2. The normalized spacial score (nSPS) is 17.0. The summed E-state index contributed by atoms with van der Waals surface area (Å²) in [5.41, 5.74) is -0.951. The molecule has 122 valence electrons. The van der Waals surface area contributed by atoms with Crippen LogP contribution in [-0.4, -0.2) is 31.2 Å². The number of thiophene rings is 1. The van der Waals surface area contributed by atoms with Gasteiger partial charge in [-0.2, -0.15) is 0 Å². The van der Waals surface area contributed by atoms with Crippen LogP contribution in [0.4, 0.5) is 4.79 Å². The first-order valence-electron chi connectivity index (χ1n) is 7.58. The minimum Gasteiger partial charge on any atom is -0.453 e. The fourth-order valence-electron chi connectivity index (χ4n) is 2.98. The van der Waals surface area contributed by atoms with Gasteiger partial charge in [-0.15, -0.1) is 11.3 Å². The van der Waals surface area contributed by atoms with Gasteiger partial charge >= 0.3 is 6.09 Å². The number of amides is 2. The topological polar surface area (TPSA) is 67.4 Å². The number of ether oxygens (including phenoxy) is 1. The van der Waals surface area contributed by atoms with Crippen molar-refractivity contribution in [3.05, 3.63) is 22.4 Å². The third-order valence-electron chi connectivity index (χ3n) is 4.36. The highest BCUT2D eigenvalue weighted by Crippen LogP contribution is 2.42. The van der Waals surface area contributed by atoms with Crippen molar-refractivity contribution in [2.75, 3.05) is 13.7 Å². The number of alkyl carbamates (subject to hydrolysis) is 1. The van der Waals surface area contributed by atoms with Crippen LogP contribution in [-0.2, 0) is 14.9 Å². The molecule has 0 saturated heterocycles. The Morgan fingerprint density at radius 1 is 1.36 bits per heavy atom. The zero-order valence-corrected chi connectivity index (χ0v) is 14.2. The minimum absolute atomic E-state index is 0.0468. The molecule has 0 radical (unpaired) electrons. The molecule has 1 saturated carbocycles. The highest BCUT2D eigenvalue weighted by Gasteiger charge is 2.38. The second kappa shape index (κ2) is 6.69. The second-order valence-corrected chi connectivity index (χ2v) is 7.34. The van der Waals surface area contributed by atoms with E-state index in [1.165, 1.54) is 24.8 Å². The van der Waals surface area contributed by atoms with Gasteiger partial charge in [0.25, 0.3) is 0 Å². The highest BCUT2D eigenvalue weighted by molar-refractivity contribution is 7.10. The number of hydrogen-bond acceptors (Lipinski definition) is 4. The van der Waals surface area contributed by atoms with E-state index in [0.717, 1.165) is 12.8 Å². The average Bonchev–Trinajstić information content (AvgIpc) is 3.15. The molecule has 2 N–H and O–H groups in total. The van der Waals surface area contributed by atoms with Gasteiger partial charge in [-0.1, -0.05) is 18.9 Å². The number of rotatable bonds is 5. The van der Waals surface area contributed by atoms with Crippen molar-refractivity contribution in [2.24, 2.45) is 0 Å². The van der Waals surface area contributed by atoms with Crippen molar-refractivity contribution in [2.45, 2.75) is 50.5 Å². The molecule has 0 aliphatic heterocycles. The maximum Gasteiger partial charge on any atom is 0.407 e. The van der Waals surface area contributed by atoms with Gasteiger partial charge in [0.05, 0.1) is 7.11 Å². The molecular formula is C16H24N2O3S. The average molecular weight is 324 g/mol. The fraction of sp³-hybridized carbons (Fsp3) is 0.625. The third-order valence-corrected chi connectivity index (χ3v) is 5.48. The molecule has 1 aromatic rings. The van der Waals surface area contributed by atoms with Crippen LogP contribution in [0.25, 0.3) is 0 Å². The number of carbonyl (C=O) groups is 2. The van der Waals surface area contributed by atoms with Crippen molar-refractivity contribution >= 4 is 23.3 Å². The van der Waals surface area contributed by atoms with Crippen LogP contribution in [0.15, 0.2) is 17.5 Å². The first-order chi connectivity index (χ1) is 10.4. The molecule has 5 nitrogen and oxygen atoms in total. The highest BCUT2D eigenvalue weighted by atomic mass is 32.1. The quantitative estimate of drug-likeness (QED) is 0.875. The van der Waals surface area contributed by atoms with Gasteiger partial charge in [-0.25, -0.2) is 4.79 Å². The molecule has 6 heteroatoms. The van der Waals surface area contributed by atoms with Crippen molar-refractivity contribution in [1.29, 1.82) is 0 Å². The van der Waals surface area contributed by atoms with E-state index in [1.807, 2.05) is 0 Å². The molecule has 2 rings (SSSR count). The Morgan fingerprint density at radius 3 is 2.59 bits per heavy atom. The standard InChI is InChI=1S/C16H24N2O3S/c1-15(2,18-14(20)21-3)13(19)17-11-16(8-4-5-9-16)12-7-6-10-22-12/h6-7,10H,4-5,8-9,11H2,1-3H3,(H,17,19)(H,18,20). The van der Waals surface area contributed by atoms with Crippen molar-refractivity contribution in [3.8, 4) is 0 Å². The molecule has 0 unspecified atom stereocenters. The largest absolute Gasteiger partial charge is 0.453 e. The Morgan fingerprint density at radius 2 is 2.05 bits per heavy atom. The Balaban J connectivity index is 2.01. The fourth-order valence-corrected chi connectivity index (χ4v) is 3.96. The molecule has 1 aromatic heterocycles. The zero-order valence-electron chi connectivity index (χ0n) is 13.4. The molecule has 1 aliphatic rings. The number of methoxy groups -OCH3 is 1. The molecular weight excluding hydrogens is 300 g/mol. The smallest absolute Gasteiger partial charge is 0.407 e. The predicted octanol–water partition coefficient (Wildman–Crippen LogP) is 2.81. The van der Waals surface area contributed by atoms with Crippen LogP contribution in [0.1, 0.15) is 44.4 Å². The lowest BCUT2D eigenvalue weighted by Crippen LogP contribution is -2.56. The predicted molar refractivity (Wildman–Crippen MR) is 87.1 cm³/mol. The summed E-state index contributed by atoms with van der Waals surface area (Å²) in [6.07, 6.45) is 3.97. The molecule has 0 aromatic carbocycles. The lowest BCUT2D eigenvalue weighted by molar-refractivity contribution is -0.126. The SMILES string of the molecule is COC(=O)NC(C)(C)C(=O)NCC1(c2cccs2)CCCC1. The Labute approximate surface area is 135 Å². The van der Waals surface area contributed by atoms with E-state index in [9.17, 15) is 9.59 Å². The van der Waals surface area contributed by atoms with E-state index in [-0.39, 0.29) is 11.3 Å². The monoisotopic (exact) mass is 324 g/mol. The van der Waals surface area contributed by atoms with Gasteiger partial charge in [-0.3, -0.25) is 4.79 Å². The summed E-state index contributed by atoms with van der Waals surface area (Å²) in [6, 6.07) is 4.21. The third kappa shape index (κ3) is 3.61. The van der Waals surface area contributed by atoms with Crippen LogP contribution in [0.2, 0.25) is 0 Å². The maximum atomic E-state index is 12.4. The minimum atomic E-state index is -0.998. The van der Waals surface area contributed by atoms with Crippen LogP contribution in [0, 0.1) is 0 Å². The summed E-state index contributed by atoms with van der Waals surface area (Å²) in [5.74, 6) is -0.194. The summed E-state index contributed by atoms with van der Waals surface area (Å²) in [5, 5.41) is 7.66. The molecule has 1 heterocycles. The lowest BCUT2D eigenvalue weighted by Gasteiger charge is -2.31. The van der Waals surface area contributed by atoms with Crippen molar-refractivity contribution in [1.82, 2.24) is 10.6 Å². The van der Waals surface area contributed by atoms with E-state index in [0.29, 0.717) is 6.54 Å². The van der Waals surface area contributed by atoms with Crippen LogP contribution in [0.3, 0.4) is 0 Å². The summed E-state index contributed by atoms with van der Waals surface area (Å²) in [4.78, 5) is 25.1. The van der Waals surface area contributed by atoms with Gasteiger partial charge < -0.3 is 15.4 Å². The van der Waals surface area contributed by atoms with E-state index in [4.69, 9.17) is 0 Å². The molecule has 2 amide bonds. The molecule has 1 aliphatic carbocycles. The second-order valence-electron chi connectivity index (χ2n) is 6.39. The zero-order chi connectivity index (χ0) is 16.2. The van der Waals surface area contributed by atoms with Gasteiger partial charge in [0, 0.05) is 16.8 Å². The Bertz CT molecular complexity index is 520. The van der Waals surface area contributed by atoms with E-state index < -0.39 is 11.6 Å². The van der Waals surface area contributed by atoms with Crippen molar-refractivity contribution < 1.29 is 14.3 Å². The van der Waals surface area contributed by atoms with Crippen LogP contribution >= 0.6 is 11.3 Å². The molecule has 0 bridgehead atoms. The molecule has 0 spiro atoms. The van der Waals surface area contributed by atoms with E-state index in [2.05, 4.69) is 32.9 Å². The van der Waals surface area contributed by atoms with Gasteiger partial charge in [0.15, 0.2) is 0 Å². The van der Waals surface area contributed by atoms with Gasteiger partial charge in [-0.05, 0) is 38.1 Å². The van der Waals surface area contributed by atoms with E-state index >= 15 is 0 Å². The summed E-state index contributed by atoms with van der Waals surface area (Å²) in [6.45, 7) is 3.95. The summed E-state index contributed by atoms with van der Waals surface area (Å²) in [7, 11) is 1.29. The van der Waals surface area contributed by atoms with Crippen molar-refractivity contribution in [3.63, 3.8) is 0 Å². The Kier molecular flexibility index (Phi) is 5.11. The van der Waals surface area contributed by atoms with Gasteiger partial charge in [0.2, 0.25) is 5.91 Å². The lowest BCUT2D eigenvalue weighted by atomic mass is 9.84. The first kappa shape index (κ1) is 16.8. The molecule has 22 heavy (non-hydrogen) atoms. The summed E-state index contributed by atoms with van der Waals surface area (Å²) >= 11 is 1.75. The van der Waals surface area contributed by atoms with Crippen LogP contribution < -0.4 is 10.6 Å². The number of carbonyl (C=O) groups excluding carboxylic acids is 2. The maximum absolute atomic E-state index is 12.4. The molecule has 1 fully saturated rings. The number of hydrogen-bond donors (Lipinski definition) is 2. The first-order valence-corrected chi connectivity index (χ1v) is 8.46. The van der Waals surface area contributed by atoms with E-state index in [1.54, 1.807) is 25.2 Å². The Hall–Kier alpha value is -1.56. The van der Waals surface area contributed by atoms with Crippen LogP contribution in [0.5, 0.6) is 0 Å². The summed E-state index contributed by atoms with van der Waals surface area (Å²) < 4.78 is 4.56.